The number of hydrogen-bond donors (Lipinski definition) is 0. The summed E-state index contributed by atoms with van der Waals surface area (Å²) in [6, 6.07) is 8.17. The monoisotopic (exact) mass is 269 g/mol. The summed E-state index contributed by atoms with van der Waals surface area (Å²) in [5, 5.41) is 0. The Bertz CT molecular complexity index is 560. The molecule has 1 aromatic carbocycles. The molecule has 0 spiro atoms. The fourth-order valence-corrected chi connectivity index (χ4v) is 2.57. The molecule has 3 heteroatoms. The number of nitrogens with zero attached hydrogens (tertiary/aromatic N) is 1. The van der Waals surface area contributed by atoms with Crippen LogP contribution in [0.1, 0.15) is 23.6 Å². The topological polar surface area (TPSA) is 29.5 Å². The Morgan fingerprint density at radius 1 is 1.35 bits per heavy atom. The molecule has 0 fully saturated rings. The van der Waals surface area contributed by atoms with Crippen LogP contribution in [0.5, 0.6) is 0 Å². The molecular formula is C17H19NO2. The number of rotatable bonds is 5. The first-order valence-corrected chi connectivity index (χ1v) is 6.60. The summed E-state index contributed by atoms with van der Waals surface area (Å²) in [7, 11) is 1.40. The van der Waals surface area contributed by atoms with Crippen LogP contribution in [0.15, 0.2) is 55.3 Å². The molecule has 0 N–H and O–H groups in total. The summed E-state index contributed by atoms with van der Waals surface area (Å²) in [5.41, 5.74) is 2.82. The number of carbonyl (C=O) groups is 1. The minimum absolute atomic E-state index is 0.0841. The molecule has 0 aliphatic carbocycles. The van der Waals surface area contributed by atoms with Gasteiger partial charge in [0.05, 0.1) is 13.2 Å². The average Bonchev–Trinajstić information content (AvgIpc) is 2.48. The zero-order valence-corrected chi connectivity index (χ0v) is 11.7. The van der Waals surface area contributed by atoms with Crippen molar-refractivity contribution in [2.75, 3.05) is 13.7 Å². The normalized spacial score (nSPS) is 16.9. The third kappa shape index (κ3) is 2.52. The van der Waals surface area contributed by atoms with Crippen LogP contribution in [0.4, 0.5) is 0 Å². The minimum atomic E-state index is -0.324. The Morgan fingerprint density at radius 3 is 2.75 bits per heavy atom. The molecule has 0 aromatic heterocycles. The highest BCUT2D eigenvalue weighted by Crippen LogP contribution is 2.36. The van der Waals surface area contributed by atoms with Crippen LogP contribution in [0.3, 0.4) is 0 Å². The molecule has 0 radical (unpaired) electrons. The predicted molar refractivity (Wildman–Crippen MR) is 80.9 cm³/mol. The van der Waals surface area contributed by atoms with Crippen LogP contribution in [-0.4, -0.2) is 24.5 Å². The van der Waals surface area contributed by atoms with Gasteiger partial charge >= 0.3 is 5.97 Å². The Balaban J connectivity index is 2.54. The van der Waals surface area contributed by atoms with Crippen molar-refractivity contribution >= 4 is 12.0 Å². The Labute approximate surface area is 119 Å². The molecular weight excluding hydrogens is 250 g/mol. The maximum atomic E-state index is 12.0. The van der Waals surface area contributed by atoms with Gasteiger partial charge in [-0.05, 0) is 23.6 Å². The second-order valence-electron chi connectivity index (χ2n) is 4.63. The summed E-state index contributed by atoms with van der Waals surface area (Å²) in [4.78, 5) is 14.0. The van der Waals surface area contributed by atoms with Crippen molar-refractivity contribution in [2.45, 2.75) is 12.5 Å². The second kappa shape index (κ2) is 6.24. The number of hydrogen-bond acceptors (Lipinski definition) is 3. The van der Waals surface area contributed by atoms with Crippen LogP contribution in [0.25, 0.3) is 6.08 Å². The van der Waals surface area contributed by atoms with Gasteiger partial charge in [-0.25, -0.2) is 4.79 Å². The summed E-state index contributed by atoms with van der Waals surface area (Å²) >= 11 is 0. The quantitative estimate of drug-likeness (QED) is 0.606. The first-order valence-electron chi connectivity index (χ1n) is 6.60. The molecule has 0 saturated carbocycles. The zero-order valence-electron chi connectivity index (χ0n) is 11.7. The van der Waals surface area contributed by atoms with Gasteiger partial charge in [0, 0.05) is 6.54 Å². The van der Waals surface area contributed by atoms with Gasteiger partial charge in [0.25, 0.3) is 0 Å². The molecule has 1 aliphatic rings. The maximum Gasteiger partial charge on any atom is 0.354 e. The smallest absolute Gasteiger partial charge is 0.354 e. The predicted octanol–water partition coefficient (Wildman–Crippen LogP) is 3.32. The first kappa shape index (κ1) is 14.1. The molecule has 3 nitrogen and oxygen atoms in total. The highest BCUT2D eigenvalue weighted by molar-refractivity contribution is 5.94. The molecule has 1 aliphatic heterocycles. The standard InChI is InChI=1S/C17H19NO2/c1-4-8-15-14-10-7-6-9-13(14)12-16(17(19)20-3)18(15)11-5-2/h4-7,9-10,12,15H,1-2,8,11H2,3H3. The molecule has 1 unspecified atom stereocenters. The van der Waals surface area contributed by atoms with Gasteiger partial charge in [0.15, 0.2) is 0 Å². The van der Waals surface area contributed by atoms with Crippen LogP contribution >= 0.6 is 0 Å². The van der Waals surface area contributed by atoms with Crippen molar-refractivity contribution in [1.82, 2.24) is 4.90 Å². The molecule has 1 atom stereocenters. The lowest BCUT2D eigenvalue weighted by atomic mass is 9.91. The van der Waals surface area contributed by atoms with Gasteiger partial charge in [0.2, 0.25) is 0 Å². The molecule has 20 heavy (non-hydrogen) atoms. The summed E-state index contributed by atoms with van der Waals surface area (Å²) in [5.74, 6) is -0.324. The number of esters is 1. The van der Waals surface area contributed by atoms with E-state index in [9.17, 15) is 4.79 Å². The zero-order chi connectivity index (χ0) is 14.5. The summed E-state index contributed by atoms with van der Waals surface area (Å²) in [6.07, 6.45) is 6.31. The molecule has 0 bridgehead atoms. The van der Waals surface area contributed by atoms with Crippen LogP contribution in [0.2, 0.25) is 0 Å². The van der Waals surface area contributed by atoms with Gasteiger partial charge in [-0.3, -0.25) is 0 Å². The molecule has 104 valence electrons. The van der Waals surface area contributed by atoms with E-state index >= 15 is 0 Å². The van der Waals surface area contributed by atoms with E-state index in [2.05, 4.69) is 19.2 Å². The van der Waals surface area contributed by atoms with Crippen molar-refractivity contribution in [1.29, 1.82) is 0 Å². The number of ether oxygens (including phenoxy) is 1. The SMILES string of the molecule is C=CCC1c2ccccc2C=C(C(=O)OC)N1CC=C. The number of methoxy groups -OCH3 is 1. The fraction of sp³-hybridized carbons (Fsp3) is 0.235. The van der Waals surface area contributed by atoms with Crippen molar-refractivity contribution < 1.29 is 9.53 Å². The van der Waals surface area contributed by atoms with E-state index < -0.39 is 0 Å². The molecule has 0 amide bonds. The van der Waals surface area contributed by atoms with Crippen molar-refractivity contribution in [3.63, 3.8) is 0 Å². The van der Waals surface area contributed by atoms with Gasteiger partial charge in [-0.1, -0.05) is 36.4 Å². The Kier molecular flexibility index (Phi) is 4.41. The van der Waals surface area contributed by atoms with E-state index in [4.69, 9.17) is 4.74 Å². The second-order valence-corrected chi connectivity index (χ2v) is 4.63. The molecule has 1 heterocycles. The van der Waals surface area contributed by atoms with Crippen LogP contribution < -0.4 is 0 Å². The largest absolute Gasteiger partial charge is 0.464 e. The number of carbonyl (C=O) groups excluding carboxylic acids is 1. The fourth-order valence-electron chi connectivity index (χ4n) is 2.57. The van der Waals surface area contributed by atoms with E-state index in [1.54, 1.807) is 6.08 Å². The highest BCUT2D eigenvalue weighted by Gasteiger charge is 2.30. The summed E-state index contributed by atoms with van der Waals surface area (Å²) in [6.45, 7) is 8.19. The van der Waals surface area contributed by atoms with Gasteiger partial charge < -0.3 is 9.64 Å². The molecule has 2 rings (SSSR count). The van der Waals surface area contributed by atoms with Crippen LogP contribution in [-0.2, 0) is 9.53 Å². The summed E-state index contributed by atoms with van der Waals surface area (Å²) < 4.78 is 4.90. The third-order valence-electron chi connectivity index (χ3n) is 3.44. The third-order valence-corrected chi connectivity index (χ3v) is 3.44. The average molecular weight is 269 g/mol. The van der Waals surface area contributed by atoms with Crippen molar-refractivity contribution in [2.24, 2.45) is 0 Å². The van der Waals surface area contributed by atoms with E-state index in [1.165, 1.54) is 12.7 Å². The van der Waals surface area contributed by atoms with E-state index in [1.807, 2.05) is 35.3 Å². The van der Waals surface area contributed by atoms with Crippen molar-refractivity contribution in [3.05, 3.63) is 66.4 Å². The number of benzene rings is 1. The first-order chi connectivity index (χ1) is 9.72. The van der Waals surface area contributed by atoms with E-state index in [0.29, 0.717) is 12.2 Å². The molecule has 1 aromatic rings. The number of fused-ring (bicyclic) bond motifs is 1. The Hall–Kier alpha value is -2.29. The van der Waals surface area contributed by atoms with Crippen molar-refractivity contribution in [3.8, 4) is 0 Å². The maximum absolute atomic E-state index is 12.0. The van der Waals surface area contributed by atoms with Crippen LogP contribution in [0, 0.1) is 0 Å². The Morgan fingerprint density at radius 2 is 2.10 bits per heavy atom. The minimum Gasteiger partial charge on any atom is -0.464 e. The lowest BCUT2D eigenvalue weighted by Crippen LogP contribution is -2.35. The lowest BCUT2D eigenvalue weighted by Gasteiger charge is -2.37. The van der Waals surface area contributed by atoms with Gasteiger partial charge in [0.1, 0.15) is 5.70 Å². The van der Waals surface area contributed by atoms with Gasteiger partial charge in [-0.15, -0.1) is 13.2 Å². The highest BCUT2D eigenvalue weighted by atomic mass is 16.5. The molecule has 0 saturated heterocycles. The van der Waals surface area contributed by atoms with Gasteiger partial charge in [-0.2, -0.15) is 0 Å². The van der Waals surface area contributed by atoms with E-state index in [0.717, 1.165) is 12.0 Å². The van der Waals surface area contributed by atoms with E-state index in [-0.39, 0.29) is 12.0 Å². The lowest BCUT2D eigenvalue weighted by molar-refractivity contribution is -0.138.